The number of ether oxygens (including phenoxy) is 1. The van der Waals surface area contributed by atoms with Crippen LogP contribution in [0, 0.1) is 6.92 Å². The number of hydrogen-bond acceptors (Lipinski definition) is 4. The average Bonchev–Trinajstić information content (AvgIpc) is 2.91. The molecule has 198 valence electrons. The van der Waals surface area contributed by atoms with E-state index in [-0.39, 0.29) is 14.4 Å². The van der Waals surface area contributed by atoms with Crippen LogP contribution in [0.1, 0.15) is 27.2 Å². The highest BCUT2D eigenvalue weighted by molar-refractivity contribution is 9.69. The minimum atomic E-state index is -0.259. The maximum Gasteiger partial charge on any atom is 0.369 e. The molecule has 5 nitrogen and oxygen atoms in total. The Balaban J connectivity index is 0.000000650. The quantitative estimate of drug-likeness (QED) is 0.158. The summed E-state index contributed by atoms with van der Waals surface area (Å²) >= 11 is 18.8. The smallest absolute Gasteiger partial charge is 0.369 e. The van der Waals surface area contributed by atoms with E-state index >= 15 is 0 Å². The molecule has 0 saturated carbocycles. The van der Waals surface area contributed by atoms with Gasteiger partial charge in [-0.3, -0.25) is 4.79 Å². The fraction of sp³-hybridized carbons (Fsp3) is 0.148. The van der Waals surface area contributed by atoms with Gasteiger partial charge in [-0.05, 0) is 30.7 Å². The summed E-state index contributed by atoms with van der Waals surface area (Å²) in [7, 11) is 1.57. The number of anilines is 1. The first-order chi connectivity index (χ1) is 18.3. The van der Waals surface area contributed by atoms with Gasteiger partial charge in [-0.2, -0.15) is 0 Å². The molecule has 0 spiro atoms. The Morgan fingerprint density at radius 3 is 2.21 bits per heavy atom. The molecule has 1 amide bonds. The van der Waals surface area contributed by atoms with Gasteiger partial charge in [-0.25, -0.2) is 9.97 Å². The summed E-state index contributed by atoms with van der Waals surface area (Å²) in [5.41, 5.74) is 5.23. The van der Waals surface area contributed by atoms with Crippen molar-refractivity contribution in [2.45, 2.75) is 13.3 Å². The molecule has 4 aromatic rings. The number of hydrogen-bond donors (Lipinski definition) is 1. The number of methoxy groups -OCH3 is 1. The Morgan fingerprint density at radius 1 is 0.974 bits per heavy atom. The number of carbonyl (C=O) groups excluding carboxylic acids is 1. The molecule has 38 heavy (non-hydrogen) atoms. The summed E-state index contributed by atoms with van der Waals surface area (Å²) in [5, 5.41) is 3.11. The van der Waals surface area contributed by atoms with Crippen molar-refractivity contribution in [1.82, 2.24) is 9.97 Å². The van der Waals surface area contributed by atoms with Gasteiger partial charge in [0.15, 0.2) is 5.82 Å². The van der Waals surface area contributed by atoms with Crippen molar-refractivity contribution in [3.63, 3.8) is 0 Å². The molecule has 0 atom stereocenters. The van der Waals surface area contributed by atoms with Gasteiger partial charge in [0.05, 0.1) is 30.0 Å². The van der Waals surface area contributed by atoms with Crippen LogP contribution >= 0.6 is 70.5 Å². The third-order valence-corrected chi connectivity index (χ3v) is 4.97. The monoisotopic (exact) mass is 741 g/mol. The van der Waals surface area contributed by atoms with Gasteiger partial charge < -0.3 is 10.1 Å². The fourth-order valence-corrected chi connectivity index (χ4v) is 3.25. The van der Waals surface area contributed by atoms with E-state index < -0.39 is 0 Å². The molecule has 1 aromatic heterocycles. The molecular weight excluding hydrogens is 720 g/mol. The van der Waals surface area contributed by atoms with Crippen LogP contribution in [0.2, 0.25) is 0 Å². The predicted molar refractivity (Wildman–Crippen MR) is 172 cm³/mol. The molecule has 4 rings (SSSR count). The van der Waals surface area contributed by atoms with E-state index in [9.17, 15) is 4.79 Å². The molecule has 11 heteroatoms. The minimum absolute atomic E-state index is 0.194. The summed E-state index contributed by atoms with van der Waals surface area (Å²) in [6.07, 6.45) is 2.25. The van der Waals surface area contributed by atoms with E-state index in [1.807, 2.05) is 61.5 Å². The number of rotatable bonds is 6. The van der Waals surface area contributed by atoms with Crippen LogP contribution in [0.25, 0.3) is 11.3 Å². The van der Waals surface area contributed by atoms with Gasteiger partial charge in [0.25, 0.3) is 5.91 Å². The molecule has 0 aliphatic rings. The summed E-state index contributed by atoms with van der Waals surface area (Å²) in [4.78, 5) is 22.2. The number of carbonyl (C=O) groups is 1. The van der Waals surface area contributed by atoms with Crippen LogP contribution in [0.3, 0.4) is 0 Å². The third-order valence-electron chi connectivity index (χ3n) is 4.97. The second kappa shape index (κ2) is 17.6. The SMILES string of the molecule is BrB(Br)Br.COc1cccc(C(=O)Nc2ncc(-c3ccc(C)cc3)nc2Cc2ccccc2)c1.ClCCl. The second-order valence-electron chi connectivity index (χ2n) is 7.61. The molecule has 0 bridgehead atoms. The molecule has 1 N–H and O–H groups in total. The van der Waals surface area contributed by atoms with Gasteiger partial charge >= 0.3 is 3.18 Å². The van der Waals surface area contributed by atoms with E-state index in [0.717, 1.165) is 16.8 Å². The third kappa shape index (κ3) is 11.5. The van der Waals surface area contributed by atoms with Gasteiger partial charge in [0, 0.05) is 17.5 Å². The summed E-state index contributed by atoms with van der Waals surface area (Å²) in [5.74, 6) is 0.816. The maximum atomic E-state index is 12.8. The Bertz CT molecular complexity index is 1280. The fourth-order valence-electron chi connectivity index (χ4n) is 3.25. The lowest BCUT2D eigenvalue weighted by Gasteiger charge is -2.12. The predicted octanol–water partition coefficient (Wildman–Crippen LogP) is 8.88. The normalized spacial score (nSPS) is 9.76. The van der Waals surface area contributed by atoms with Crippen molar-refractivity contribution in [3.05, 3.63) is 107 Å². The van der Waals surface area contributed by atoms with Crippen molar-refractivity contribution in [3.8, 4) is 17.0 Å². The molecule has 1 heterocycles. The van der Waals surface area contributed by atoms with E-state index in [0.29, 0.717) is 29.2 Å². The maximum absolute atomic E-state index is 12.8. The molecule has 0 unspecified atom stereocenters. The lowest BCUT2D eigenvalue weighted by molar-refractivity contribution is 0.102. The van der Waals surface area contributed by atoms with Crippen molar-refractivity contribution >= 4 is 85.4 Å². The molecular formula is C27H25BBr3Cl2N3O2. The van der Waals surface area contributed by atoms with Crippen LogP contribution in [-0.2, 0) is 6.42 Å². The number of benzene rings is 3. The first kappa shape index (κ1) is 32.3. The standard InChI is InChI=1S/C26H23N3O2.CH2Cl2.BBr3/c1-18-11-13-20(14-12-18)24-17-27-25(23(28-24)15-19-7-4-3-5-8-19)29-26(30)21-9-6-10-22(16-21)31-2;2-1-3;2-1(3)4/h3-14,16-17H,15H2,1-2H3,(H,27,29,30);1H2;. The second-order valence-corrected chi connectivity index (χ2v) is 14.9. The number of amides is 1. The topological polar surface area (TPSA) is 64.1 Å². The van der Waals surface area contributed by atoms with Crippen LogP contribution < -0.4 is 10.1 Å². The zero-order valence-electron chi connectivity index (χ0n) is 20.7. The molecule has 0 saturated heterocycles. The Kier molecular flexibility index (Phi) is 15.0. The van der Waals surface area contributed by atoms with Crippen molar-refractivity contribution in [2.24, 2.45) is 0 Å². The average molecular weight is 745 g/mol. The van der Waals surface area contributed by atoms with Crippen molar-refractivity contribution in [2.75, 3.05) is 17.8 Å². The zero-order chi connectivity index (χ0) is 27.9. The molecule has 0 aliphatic heterocycles. The molecule has 0 aliphatic carbocycles. The number of nitrogens with zero attached hydrogens (tertiary/aromatic N) is 2. The van der Waals surface area contributed by atoms with E-state index in [1.165, 1.54) is 5.56 Å². The van der Waals surface area contributed by atoms with Crippen molar-refractivity contribution in [1.29, 1.82) is 0 Å². The Hall–Kier alpha value is -1.91. The minimum Gasteiger partial charge on any atom is -0.497 e. The van der Waals surface area contributed by atoms with Gasteiger partial charge in [0.2, 0.25) is 0 Å². The molecule has 0 fully saturated rings. The zero-order valence-corrected chi connectivity index (χ0v) is 26.9. The van der Waals surface area contributed by atoms with Gasteiger partial charge in [-0.15, -0.1) is 70.5 Å². The number of aryl methyl sites for hydroxylation is 1. The van der Waals surface area contributed by atoms with Crippen LogP contribution in [0.5, 0.6) is 5.75 Å². The number of aromatic nitrogens is 2. The number of alkyl halides is 2. The first-order valence-corrected chi connectivity index (χ1v) is 15.0. The van der Waals surface area contributed by atoms with Gasteiger partial charge in [-0.1, -0.05) is 66.2 Å². The molecule has 3 aromatic carbocycles. The highest BCUT2D eigenvalue weighted by atomic mass is 79.9. The largest absolute Gasteiger partial charge is 0.497 e. The highest BCUT2D eigenvalue weighted by Gasteiger charge is 2.14. The van der Waals surface area contributed by atoms with E-state index in [1.54, 1.807) is 37.6 Å². The first-order valence-electron chi connectivity index (χ1n) is 11.2. The summed E-state index contributed by atoms with van der Waals surface area (Å²) in [6, 6.07) is 25.2. The highest BCUT2D eigenvalue weighted by Crippen LogP contribution is 2.23. The number of nitrogens with one attached hydrogen (secondary N) is 1. The van der Waals surface area contributed by atoms with Crippen LogP contribution in [0.4, 0.5) is 5.82 Å². The van der Waals surface area contributed by atoms with Crippen molar-refractivity contribution < 1.29 is 9.53 Å². The van der Waals surface area contributed by atoms with E-state index in [4.69, 9.17) is 32.9 Å². The van der Waals surface area contributed by atoms with Crippen LogP contribution in [-0.4, -0.2) is 31.5 Å². The van der Waals surface area contributed by atoms with Crippen LogP contribution in [0.15, 0.2) is 85.1 Å². The number of halogens is 5. The lowest BCUT2D eigenvalue weighted by atomic mass is 10.1. The van der Waals surface area contributed by atoms with Gasteiger partial charge in [0.1, 0.15) is 5.75 Å². The summed E-state index contributed by atoms with van der Waals surface area (Å²) < 4.78 is 5.49. The van der Waals surface area contributed by atoms with E-state index in [2.05, 4.69) is 57.6 Å². The Morgan fingerprint density at radius 2 is 1.61 bits per heavy atom. The Labute approximate surface area is 258 Å². The molecule has 0 radical (unpaired) electrons. The lowest BCUT2D eigenvalue weighted by Crippen LogP contribution is -2.16. The summed E-state index contributed by atoms with van der Waals surface area (Å²) in [6.45, 7) is 2.05.